The van der Waals surface area contributed by atoms with Crippen LogP contribution in [0.4, 0.5) is 4.39 Å². The van der Waals surface area contributed by atoms with Crippen molar-refractivity contribution in [1.82, 2.24) is 5.32 Å². The van der Waals surface area contributed by atoms with E-state index < -0.39 is 16.9 Å². The van der Waals surface area contributed by atoms with E-state index in [9.17, 15) is 9.18 Å². The molecule has 0 spiro atoms. The van der Waals surface area contributed by atoms with Crippen LogP contribution in [0.25, 0.3) is 0 Å². The molecule has 0 bridgehead atoms. The summed E-state index contributed by atoms with van der Waals surface area (Å²) in [6.45, 7) is 1.80. The van der Waals surface area contributed by atoms with Gasteiger partial charge in [-0.2, -0.15) is 0 Å². The molecule has 1 aromatic rings. The number of thioether (sulfide) groups is 1. The van der Waals surface area contributed by atoms with Gasteiger partial charge in [0, 0.05) is 15.8 Å². The molecule has 2 N–H and O–H groups in total. The van der Waals surface area contributed by atoms with Crippen molar-refractivity contribution in [3.63, 3.8) is 0 Å². The number of carbonyl (C=O) groups is 1. The minimum Gasteiger partial charge on any atom is -0.480 e. The third kappa shape index (κ3) is 2.48. The predicted molar refractivity (Wildman–Crippen MR) is 68.5 cm³/mol. The van der Waals surface area contributed by atoms with Crippen LogP contribution in [0.2, 0.25) is 0 Å². The topological polar surface area (TPSA) is 49.3 Å². The van der Waals surface area contributed by atoms with Crippen LogP contribution in [0.3, 0.4) is 0 Å². The molecule has 92 valence electrons. The molecule has 2 atom stereocenters. The summed E-state index contributed by atoms with van der Waals surface area (Å²) in [6, 6.07) is 4.17. The molecule has 1 saturated heterocycles. The van der Waals surface area contributed by atoms with Crippen molar-refractivity contribution in [2.75, 3.05) is 5.75 Å². The minimum atomic E-state index is -0.904. The highest BCUT2D eigenvalue weighted by Gasteiger charge is 2.41. The van der Waals surface area contributed by atoms with E-state index in [0.717, 1.165) is 0 Å². The van der Waals surface area contributed by atoms with Crippen molar-refractivity contribution in [2.45, 2.75) is 17.8 Å². The molecule has 0 aromatic heterocycles. The van der Waals surface area contributed by atoms with Gasteiger partial charge in [0.25, 0.3) is 0 Å². The molecular formula is C11H11BrFNO2S. The first-order chi connectivity index (χ1) is 7.92. The van der Waals surface area contributed by atoms with Crippen LogP contribution in [0.15, 0.2) is 22.7 Å². The maximum absolute atomic E-state index is 13.8. The highest BCUT2D eigenvalue weighted by molar-refractivity contribution is 9.10. The summed E-state index contributed by atoms with van der Waals surface area (Å²) in [5, 5.41) is 11.9. The number of rotatable bonds is 2. The van der Waals surface area contributed by atoms with Gasteiger partial charge >= 0.3 is 5.97 Å². The van der Waals surface area contributed by atoms with Crippen LogP contribution in [-0.2, 0) is 9.67 Å². The normalized spacial score (nSPS) is 28.3. The van der Waals surface area contributed by atoms with E-state index in [1.165, 1.54) is 17.8 Å². The fraction of sp³-hybridized carbons (Fsp3) is 0.364. The van der Waals surface area contributed by atoms with E-state index in [4.69, 9.17) is 5.11 Å². The largest absolute Gasteiger partial charge is 0.480 e. The van der Waals surface area contributed by atoms with Gasteiger partial charge in [0.1, 0.15) is 11.9 Å². The van der Waals surface area contributed by atoms with Crippen LogP contribution >= 0.6 is 27.7 Å². The summed E-state index contributed by atoms with van der Waals surface area (Å²) in [5.74, 6) is -0.812. The summed E-state index contributed by atoms with van der Waals surface area (Å²) >= 11 is 4.60. The van der Waals surface area contributed by atoms with Crippen molar-refractivity contribution in [3.05, 3.63) is 34.1 Å². The monoisotopic (exact) mass is 319 g/mol. The Morgan fingerprint density at radius 3 is 2.94 bits per heavy atom. The Morgan fingerprint density at radius 1 is 1.71 bits per heavy atom. The van der Waals surface area contributed by atoms with E-state index in [1.54, 1.807) is 19.1 Å². The van der Waals surface area contributed by atoms with Gasteiger partial charge in [0.05, 0.1) is 4.87 Å². The minimum absolute atomic E-state index is 0.340. The first kappa shape index (κ1) is 12.9. The second-order valence-corrected chi connectivity index (χ2v) is 6.36. The average Bonchev–Trinajstić information content (AvgIpc) is 2.61. The van der Waals surface area contributed by atoms with E-state index in [0.29, 0.717) is 15.8 Å². The molecule has 0 aliphatic carbocycles. The van der Waals surface area contributed by atoms with E-state index in [1.807, 2.05) is 0 Å². The number of carboxylic acids is 1. The molecule has 17 heavy (non-hydrogen) atoms. The zero-order chi connectivity index (χ0) is 12.6. The summed E-state index contributed by atoms with van der Waals surface area (Å²) in [7, 11) is 0. The number of hydrogen-bond donors (Lipinski definition) is 2. The molecule has 0 radical (unpaired) electrons. The van der Waals surface area contributed by atoms with Crippen molar-refractivity contribution < 1.29 is 14.3 Å². The molecule has 1 unspecified atom stereocenters. The molecule has 1 heterocycles. The lowest BCUT2D eigenvalue weighted by atomic mass is 10.1. The Hall–Kier alpha value is -0.590. The highest BCUT2D eigenvalue weighted by Crippen LogP contribution is 2.40. The van der Waals surface area contributed by atoms with Crippen molar-refractivity contribution in [2.24, 2.45) is 0 Å². The second-order valence-electron chi connectivity index (χ2n) is 4.00. The molecular weight excluding hydrogens is 309 g/mol. The lowest BCUT2D eigenvalue weighted by molar-refractivity contribution is -0.138. The Labute approximate surface area is 111 Å². The van der Waals surface area contributed by atoms with Crippen molar-refractivity contribution >= 4 is 33.7 Å². The van der Waals surface area contributed by atoms with Crippen molar-refractivity contribution in [3.8, 4) is 0 Å². The fourth-order valence-electron chi connectivity index (χ4n) is 1.83. The number of aliphatic carboxylic acids is 1. The Morgan fingerprint density at radius 2 is 2.41 bits per heavy atom. The van der Waals surface area contributed by atoms with Gasteiger partial charge in [0.2, 0.25) is 0 Å². The fourth-order valence-corrected chi connectivity index (χ4v) is 3.44. The van der Waals surface area contributed by atoms with Crippen molar-refractivity contribution in [1.29, 1.82) is 0 Å². The quantitative estimate of drug-likeness (QED) is 0.879. The highest BCUT2D eigenvalue weighted by atomic mass is 79.9. The van der Waals surface area contributed by atoms with Gasteiger partial charge in [0.15, 0.2) is 0 Å². The Bertz CT molecular complexity index is 471. The molecule has 0 saturated carbocycles. The third-order valence-electron chi connectivity index (χ3n) is 2.73. The van der Waals surface area contributed by atoms with Gasteiger partial charge < -0.3 is 5.11 Å². The SMILES string of the molecule is CC1(c2ccc(Br)cc2F)N[C@@H](C(=O)O)CS1. The Balaban J connectivity index is 2.31. The molecule has 6 heteroatoms. The molecule has 1 aromatic carbocycles. The van der Waals surface area contributed by atoms with Crippen LogP contribution in [0.5, 0.6) is 0 Å². The maximum atomic E-state index is 13.8. The number of halogens is 2. The average molecular weight is 320 g/mol. The third-order valence-corrected chi connectivity index (χ3v) is 4.64. The predicted octanol–water partition coefficient (Wildman–Crippen LogP) is 2.55. The van der Waals surface area contributed by atoms with Crippen LogP contribution in [-0.4, -0.2) is 22.9 Å². The molecule has 1 aliphatic heterocycles. The van der Waals surface area contributed by atoms with Gasteiger partial charge in [-0.25, -0.2) is 4.39 Å². The molecule has 1 fully saturated rings. The van der Waals surface area contributed by atoms with Crippen LogP contribution in [0.1, 0.15) is 12.5 Å². The zero-order valence-corrected chi connectivity index (χ0v) is 11.4. The summed E-state index contributed by atoms with van der Waals surface area (Å²) in [4.78, 5) is 10.2. The lowest BCUT2D eigenvalue weighted by Gasteiger charge is -2.25. The van der Waals surface area contributed by atoms with Gasteiger partial charge in [-0.15, -0.1) is 11.8 Å². The first-order valence-corrected chi connectivity index (χ1v) is 6.80. The molecule has 0 amide bonds. The molecule has 2 rings (SSSR count). The van der Waals surface area contributed by atoms with Crippen LogP contribution in [0, 0.1) is 5.82 Å². The van der Waals surface area contributed by atoms with Crippen LogP contribution < -0.4 is 5.32 Å². The second kappa shape index (κ2) is 4.59. The number of carboxylic acid groups (broad SMARTS) is 1. The maximum Gasteiger partial charge on any atom is 0.321 e. The smallest absolute Gasteiger partial charge is 0.321 e. The van der Waals surface area contributed by atoms with Gasteiger partial charge in [-0.1, -0.05) is 22.0 Å². The summed E-state index contributed by atoms with van der Waals surface area (Å²) < 4.78 is 14.5. The van der Waals surface area contributed by atoms with E-state index in [2.05, 4.69) is 21.2 Å². The van der Waals surface area contributed by atoms with Gasteiger partial charge in [-0.05, 0) is 19.1 Å². The van der Waals surface area contributed by atoms with E-state index >= 15 is 0 Å². The van der Waals surface area contributed by atoms with E-state index in [-0.39, 0.29) is 5.82 Å². The lowest BCUT2D eigenvalue weighted by Crippen LogP contribution is -2.41. The first-order valence-electron chi connectivity index (χ1n) is 5.02. The number of benzene rings is 1. The standard InChI is InChI=1S/C11H11BrFNO2S/c1-11(14-9(5-17-11)10(15)16)7-3-2-6(12)4-8(7)13/h2-4,9,14H,5H2,1H3,(H,15,16)/t9-,11?/m1/s1. The summed E-state index contributed by atoms with van der Waals surface area (Å²) in [5.41, 5.74) is 0.481. The molecule has 3 nitrogen and oxygen atoms in total. The Kier molecular flexibility index (Phi) is 3.47. The molecule has 1 aliphatic rings. The number of hydrogen-bond acceptors (Lipinski definition) is 3. The summed E-state index contributed by atoms with van der Waals surface area (Å²) in [6.07, 6.45) is 0. The number of nitrogens with one attached hydrogen (secondary N) is 1. The van der Waals surface area contributed by atoms with Gasteiger partial charge in [-0.3, -0.25) is 10.1 Å². The zero-order valence-electron chi connectivity index (χ0n) is 9.04.